The Morgan fingerprint density at radius 3 is 3.05 bits per heavy atom. The van der Waals surface area contributed by atoms with E-state index in [1.165, 1.54) is 12.1 Å². The third-order valence-corrected chi connectivity index (χ3v) is 4.37. The fourth-order valence-corrected chi connectivity index (χ4v) is 3.22. The van der Waals surface area contributed by atoms with Gasteiger partial charge in [0.1, 0.15) is 5.82 Å². The number of nitrogens with one attached hydrogen (secondary N) is 2. The molecule has 1 amide bonds. The molecule has 0 aliphatic carbocycles. The van der Waals surface area contributed by atoms with Crippen LogP contribution in [0.15, 0.2) is 24.3 Å². The molecule has 0 spiro atoms. The predicted molar refractivity (Wildman–Crippen MR) is 82.2 cm³/mol. The number of hydrogen-bond acceptors (Lipinski definition) is 4. The van der Waals surface area contributed by atoms with E-state index in [0.29, 0.717) is 19.5 Å². The maximum absolute atomic E-state index is 13.3. The first kappa shape index (κ1) is 15.2. The molecule has 3 unspecified atom stereocenters. The number of aliphatic hydroxyl groups excluding tert-OH is 1. The van der Waals surface area contributed by atoms with E-state index in [4.69, 9.17) is 0 Å². The van der Waals surface area contributed by atoms with Crippen LogP contribution in [0.1, 0.15) is 19.3 Å². The van der Waals surface area contributed by atoms with Gasteiger partial charge in [0.25, 0.3) is 0 Å². The van der Waals surface area contributed by atoms with Crippen molar-refractivity contribution in [1.82, 2.24) is 10.6 Å². The molecule has 2 aliphatic heterocycles. The lowest BCUT2D eigenvalue weighted by Crippen LogP contribution is -2.51. The predicted octanol–water partition coefficient (Wildman–Crippen LogP) is 0.633. The number of nitrogens with zero attached hydrogens (tertiary/aromatic N) is 1. The molecule has 2 heterocycles. The van der Waals surface area contributed by atoms with Gasteiger partial charge in [0, 0.05) is 31.4 Å². The van der Waals surface area contributed by atoms with Crippen LogP contribution in [0.25, 0.3) is 0 Å². The molecule has 0 saturated carbocycles. The molecule has 2 aliphatic rings. The van der Waals surface area contributed by atoms with E-state index in [9.17, 15) is 14.3 Å². The zero-order valence-electron chi connectivity index (χ0n) is 12.5. The summed E-state index contributed by atoms with van der Waals surface area (Å²) in [5.41, 5.74) is 0.855. The average Bonchev–Trinajstić information content (AvgIpc) is 2.94. The van der Waals surface area contributed by atoms with Crippen LogP contribution in [0.2, 0.25) is 0 Å². The van der Waals surface area contributed by atoms with E-state index in [1.54, 1.807) is 6.07 Å². The second-order valence-corrected chi connectivity index (χ2v) is 6.12. The maximum Gasteiger partial charge on any atom is 0.237 e. The fraction of sp³-hybridized carbons (Fsp3) is 0.562. The molecule has 0 radical (unpaired) electrons. The summed E-state index contributed by atoms with van der Waals surface area (Å²) in [5.74, 6) is -0.296. The highest BCUT2D eigenvalue weighted by atomic mass is 19.1. The Hall–Kier alpha value is -1.66. The number of piperidine rings is 1. The smallest absolute Gasteiger partial charge is 0.237 e. The van der Waals surface area contributed by atoms with Crippen molar-refractivity contribution >= 4 is 11.6 Å². The minimum Gasteiger partial charge on any atom is -0.392 e. The van der Waals surface area contributed by atoms with Crippen LogP contribution in [-0.4, -0.2) is 48.8 Å². The van der Waals surface area contributed by atoms with E-state index in [0.717, 1.165) is 25.1 Å². The lowest BCUT2D eigenvalue weighted by atomic mass is 10.0. The lowest BCUT2D eigenvalue weighted by Gasteiger charge is -2.35. The van der Waals surface area contributed by atoms with Crippen LogP contribution in [0.5, 0.6) is 0 Å². The molecule has 3 N–H and O–H groups in total. The van der Waals surface area contributed by atoms with E-state index in [-0.39, 0.29) is 23.8 Å². The van der Waals surface area contributed by atoms with Gasteiger partial charge in [-0.15, -0.1) is 0 Å². The average molecular weight is 307 g/mol. The van der Waals surface area contributed by atoms with E-state index in [1.807, 2.05) is 6.07 Å². The van der Waals surface area contributed by atoms with Gasteiger partial charge in [-0.25, -0.2) is 4.39 Å². The van der Waals surface area contributed by atoms with E-state index < -0.39 is 6.10 Å². The highest BCUT2D eigenvalue weighted by Crippen LogP contribution is 2.21. The van der Waals surface area contributed by atoms with Gasteiger partial charge in [0.05, 0.1) is 12.1 Å². The van der Waals surface area contributed by atoms with Crippen LogP contribution in [0.3, 0.4) is 0 Å². The zero-order valence-corrected chi connectivity index (χ0v) is 12.5. The Balaban J connectivity index is 1.57. The number of hydrogen-bond donors (Lipinski definition) is 3. The summed E-state index contributed by atoms with van der Waals surface area (Å²) in [4.78, 5) is 14.3. The lowest BCUT2D eigenvalue weighted by molar-refractivity contribution is -0.123. The van der Waals surface area contributed by atoms with E-state index in [2.05, 4.69) is 15.5 Å². The van der Waals surface area contributed by atoms with Gasteiger partial charge >= 0.3 is 0 Å². The summed E-state index contributed by atoms with van der Waals surface area (Å²) in [5, 5.41) is 15.6. The van der Waals surface area contributed by atoms with Gasteiger partial charge in [-0.2, -0.15) is 0 Å². The summed E-state index contributed by atoms with van der Waals surface area (Å²) in [6.07, 6.45) is 1.91. The molecule has 2 saturated heterocycles. The summed E-state index contributed by atoms with van der Waals surface area (Å²) < 4.78 is 13.3. The van der Waals surface area contributed by atoms with Crippen molar-refractivity contribution in [2.45, 2.75) is 37.5 Å². The number of benzene rings is 1. The summed E-state index contributed by atoms with van der Waals surface area (Å²) in [6, 6.07) is 6.31. The van der Waals surface area contributed by atoms with Crippen LogP contribution in [0.4, 0.5) is 10.1 Å². The van der Waals surface area contributed by atoms with Gasteiger partial charge in [0.2, 0.25) is 5.91 Å². The quantitative estimate of drug-likeness (QED) is 0.766. The first-order chi connectivity index (χ1) is 10.6. The van der Waals surface area contributed by atoms with Gasteiger partial charge in [-0.1, -0.05) is 6.07 Å². The second-order valence-electron chi connectivity index (χ2n) is 6.12. The Bertz CT molecular complexity index is 540. The second kappa shape index (κ2) is 6.62. The molecule has 1 aromatic carbocycles. The normalized spacial score (nSPS) is 28.6. The molecule has 22 heavy (non-hydrogen) atoms. The molecule has 2 fully saturated rings. The third-order valence-electron chi connectivity index (χ3n) is 4.37. The van der Waals surface area contributed by atoms with E-state index >= 15 is 0 Å². The molecule has 3 rings (SSSR count). The fourth-order valence-electron chi connectivity index (χ4n) is 3.22. The number of amides is 1. The largest absolute Gasteiger partial charge is 0.392 e. The number of β-amino-alcohol motifs (C(OH)–C–C–N with tert-alkyl or cyclic N) is 1. The number of carbonyl (C=O) groups is 1. The Labute approximate surface area is 129 Å². The number of halogens is 1. The summed E-state index contributed by atoms with van der Waals surface area (Å²) in [7, 11) is 0. The van der Waals surface area contributed by atoms with Crippen molar-refractivity contribution in [3.8, 4) is 0 Å². The van der Waals surface area contributed by atoms with Gasteiger partial charge < -0.3 is 20.6 Å². The minimum atomic E-state index is -0.439. The molecular weight excluding hydrogens is 285 g/mol. The van der Waals surface area contributed by atoms with Gasteiger partial charge in [-0.05, 0) is 37.5 Å². The molecule has 0 bridgehead atoms. The standard InChI is InChI=1S/C16H22FN3O2/c17-11-3-1-5-13(7-11)20-6-2-4-12(10-20)19-16(22)15-8-14(21)9-18-15/h1,3,5,7,12,14-15,18,21H,2,4,6,8-10H2,(H,19,22). The van der Waals surface area contributed by atoms with Gasteiger partial charge in [-0.3, -0.25) is 4.79 Å². The number of aliphatic hydroxyl groups is 1. The Morgan fingerprint density at radius 2 is 2.32 bits per heavy atom. The number of rotatable bonds is 3. The number of anilines is 1. The molecule has 1 aromatic rings. The molecule has 6 heteroatoms. The summed E-state index contributed by atoms with van der Waals surface area (Å²) >= 11 is 0. The Kier molecular flexibility index (Phi) is 4.59. The Morgan fingerprint density at radius 1 is 1.45 bits per heavy atom. The molecule has 3 atom stereocenters. The van der Waals surface area contributed by atoms with Crippen LogP contribution < -0.4 is 15.5 Å². The van der Waals surface area contributed by atoms with Gasteiger partial charge in [0.15, 0.2) is 0 Å². The van der Waals surface area contributed by atoms with Crippen LogP contribution in [0, 0.1) is 5.82 Å². The van der Waals surface area contributed by atoms with Crippen molar-refractivity contribution in [3.63, 3.8) is 0 Å². The third kappa shape index (κ3) is 3.56. The van der Waals surface area contributed by atoms with Crippen molar-refractivity contribution in [2.24, 2.45) is 0 Å². The zero-order chi connectivity index (χ0) is 15.5. The molecule has 0 aromatic heterocycles. The monoisotopic (exact) mass is 307 g/mol. The van der Waals surface area contributed by atoms with Crippen molar-refractivity contribution in [2.75, 3.05) is 24.5 Å². The van der Waals surface area contributed by atoms with Crippen LogP contribution >= 0.6 is 0 Å². The minimum absolute atomic E-state index is 0.0531. The maximum atomic E-state index is 13.3. The highest BCUT2D eigenvalue weighted by Gasteiger charge is 2.30. The first-order valence-electron chi connectivity index (χ1n) is 7.84. The van der Waals surface area contributed by atoms with Crippen molar-refractivity contribution in [3.05, 3.63) is 30.1 Å². The summed E-state index contributed by atoms with van der Waals surface area (Å²) in [6.45, 7) is 2.03. The highest BCUT2D eigenvalue weighted by molar-refractivity contribution is 5.82. The van der Waals surface area contributed by atoms with Crippen LogP contribution in [-0.2, 0) is 4.79 Å². The first-order valence-corrected chi connectivity index (χ1v) is 7.84. The SMILES string of the molecule is O=C(NC1CCCN(c2cccc(F)c2)C1)C1CC(O)CN1. The number of carbonyl (C=O) groups excluding carboxylic acids is 1. The van der Waals surface area contributed by atoms with Crippen molar-refractivity contribution in [1.29, 1.82) is 0 Å². The molecule has 120 valence electrons. The van der Waals surface area contributed by atoms with Crippen molar-refractivity contribution < 1.29 is 14.3 Å². The molecule has 5 nitrogen and oxygen atoms in total. The topological polar surface area (TPSA) is 64.6 Å². The molecular formula is C16H22FN3O2.